The zero-order valence-electron chi connectivity index (χ0n) is 11.9. The molecule has 6 nitrogen and oxygen atoms in total. The molecule has 0 aliphatic heterocycles. The van der Waals surface area contributed by atoms with Gasteiger partial charge in [-0.3, -0.25) is 4.79 Å². The summed E-state index contributed by atoms with van der Waals surface area (Å²) < 4.78 is 27.3. The minimum Gasteiger partial charge on any atom is -0.396 e. The summed E-state index contributed by atoms with van der Waals surface area (Å²) in [4.78, 5) is 11.6. The highest BCUT2D eigenvalue weighted by atomic mass is 32.2. The van der Waals surface area contributed by atoms with Gasteiger partial charge in [0.2, 0.25) is 10.0 Å². The van der Waals surface area contributed by atoms with Gasteiger partial charge < -0.3 is 10.4 Å². The Labute approximate surface area is 124 Å². The van der Waals surface area contributed by atoms with Crippen LogP contribution in [-0.4, -0.2) is 39.1 Å². The molecule has 0 spiro atoms. The summed E-state index contributed by atoms with van der Waals surface area (Å²) in [6.45, 7) is -0.0111. The van der Waals surface area contributed by atoms with E-state index in [4.69, 9.17) is 0 Å². The number of amides is 1. The fourth-order valence-electron chi connectivity index (χ4n) is 2.61. The largest absolute Gasteiger partial charge is 0.396 e. The van der Waals surface area contributed by atoms with Crippen molar-refractivity contribution in [2.75, 3.05) is 13.7 Å². The van der Waals surface area contributed by atoms with Crippen LogP contribution in [0.1, 0.15) is 29.6 Å². The van der Waals surface area contributed by atoms with Crippen LogP contribution in [0.15, 0.2) is 29.2 Å². The average molecular weight is 312 g/mol. The highest BCUT2D eigenvalue weighted by Crippen LogP contribution is 2.26. The highest BCUT2D eigenvalue weighted by molar-refractivity contribution is 7.89. The van der Waals surface area contributed by atoms with E-state index in [-0.39, 0.29) is 29.4 Å². The predicted octanol–water partition coefficient (Wildman–Crippen LogP) is 0.485. The van der Waals surface area contributed by atoms with Crippen molar-refractivity contribution < 1.29 is 18.3 Å². The van der Waals surface area contributed by atoms with Crippen LogP contribution in [0.4, 0.5) is 0 Å². The molecule has 1 aliphatic carbocycles. The molecule has 0 saturated heterocycles. The molecule has 1 aromatic rings. The number of carbonyl (C=O) groups is 1. The van der Waals surface area contributed by atoms with Gasteiger partial charge in [-0.15, -0.1) is 0 Å². The Balaban J connectivity index is 2.14. The number of aliphatic hydroxyl groups excluding tert-OH is 1. The van der Waals surface area contributed by atoms with Gasteiger partial charge in [0.05, 0.1) is 4.90 Å². The van der Waals surface area contributed by atoms with E-state index in [0.717, 1.165) is 19.3 Å². The molecule has 3 N–H and O–H groups in total. The van der Waals surface area contributed by atoms with Crippen molar-refractivity contribution in [3.05, 3.63) is 29.8 Å². The number of sulfonamides is 1. The molecule has 1 aromatic carbocycles. The summed E-state index contributed by atoms with van der Waals surface area (Å²) >= 11 is 0. The standard InChI is InChI=1S/C14H20N2O4S/c1-15-14(18)10-5-7-12(8-6-10)21(19,20)16-13-4-2-3-11(13)9-17/h5-8,11,13,16-17H,2-4,9H2,1H3,(H,15,18). The lowest BCUT2D eigenvalue weighted by molar-refractivity contribution is 0.0963. The van der Waals surface area contributed by atoms with Crippen LogP contribution in [0.3, 0.4) is 0 Å². The quantitative estimate of drug-likeness (QED) is 0.737. The van der Waals surface area contributed by atoms with Crippen molar-refractivity contribution in [3.8, 4) is 0 Å². The van der Waals surface area contributed by atoms with E-state index in [9.17, 15) is 18.3 Å². The van der Waals surface area contributed by atoms with Crippen molar-refractivity contribution in [1.82, 2.24) is 10.0 Å². The van der Waals surface area contributed by atoms with Gasteiger partial charge in [-0.25, -0.2) is 13.1 Å². The first-order valence-electron chi connectivity index (χ1n) is 6.93. The Morgan fingerprint density at radius 3 is 2.52 bits per heavy atom. The molecule has 1 saturated carbocycles. The van der Waals surface area contributed by atoms with Crippen molar-refractivity contribution in [1.29, 1.82) is 0 Å². The third-order valence-electron chi connectivity index (χ3n) is 3.85. The highest BCUT2D eigenvalue weighted by Gasteiger charge is 2.30. The molecule has 2 atom stereocenters. The number of carbonyl (C=O) groups excluding carboxylic acids is 1. The number of aliphatic hydroxyl groups is 1. The molecule has 0 radical (unpaired) electrons. The summed E-state index contributed by atoms with van der Waals surface area (Å²) in [5.41, 5.74) is 0.408. The summed E-state index contributed by atoms with van der Waals surface area (Å²) in [7, 11) is -2.11. The molecule has 1 amide bonds. The molecule has 7 heteroatoms. The maximum Gasteiger partial charge on any atom is 0.251 e. The van der Waals surface area contributed by atoms with Gasteiger partial charge in [0.1, 0.15) is 0 Å². The van der Waals surface area contributed by atoms with Gasteiger partial charge in [0.15, 0.2) is 0 Å². The van der Waals surface area contributed by atoms with Gasteiger partial charge in [0, 0.05) is 25.3 Å². The Kier molecular flexibility index (Phi) is 4.97. The Hall–Kier alpha value is -1.44. The molecule has 0 heterocycles. The first kappa shape index (κ1) is 15.9. The minimum atomic E-state index is -3.63. The van der Waals surface area contributed by atoms with Gasteiger partial charge >= 0.3 is 0 Å². The maximum atomic E-state index is 12.3. The van der Waals surface area contributed by atoms with Crippen LogP contribution >= 0.6 is 0 Å². The smallest absolute Gasteiger partial charge is 0.251 e. The Morgan fingerprint density at radius 1 is 1.29 bits per heavy atom. The fourth-order valence-corrected chi connectivity index (χ4v) is 3.95. The predicted molar refractivity (Wildman–Crippen MR) is 78.4 cm³/mol. The molecular weight excluding hydrogens is 292 g/mol. The molecule has 1 aliphatic rings. The van der Waals surface area contributed by atoms with Crippen LogP contribution in [-0.2, 0) is 10.0 Å². The molecule has 0 aromatic heterocycles. The Morgan fingerprint density at radius 2 is 1.95 bits per heavy atom. The van der Waals surface area contributed by atoms with E-state index in [1.807, 2.05) is 0 Å². The average Bonchev–Trinajstić information content (AvgIpc) is 2.93. The fraction of sp³-hybridized carbons (Fsp3) is 0.500. The van der Waals surface area contributed by atoms with Crippen molar-refractivity contribution in [2.24, 2.45) is 5.92 Å². The van der Waals surface area contributed by atoms with E-state index >= 15 is 0 Å². The third-order valence-corrected chi connectivity index (χ3v) is 5.36. The molecule has 21 heavy (non-hydrogen) atoms. The second kappa shape index (κ2) is 6.55. The molecule has 1 fully saturated rings. The second-order valence-corrected chi connectivity index (χ2v) is 6.92. The van der Waals surface area contributed by atoms with Gasteiger partial charge in [-0.2, -0.15) is 0 Å². The first-order chi connectivity index (χ1) is 9.97. The minimum absolute atomic E-state index is 0.0111. The summed E-state index contributed by atoms with van der Waals surface area (Å²) in [6.07, 6.45) is 2.48. The number of nitrogens with one attached hydrogen (secondary N) is 2. The number of hydrogen-bond donors (Lipinski definition) is 3. The normalized spacial score (nSPS) is 22.2. The second-order valence-electron chi connectivity index (χ2n) is 5.20. The van der Waals surface area contributed by atoms with Crippen molar-refractivity contribution in [3.63, 3.8) is 0 Å². The lowest BCUT2D eigenvalue weighted by Crippen LogP contribution is -2.38. The zero-order chi connectivity index (χ0) is 15.5. The maximum absolute atomic E-state index is 12.3. The molecule has 116 valence electrons. The molecular formula is C14H20N2O4S. The summed E-state index contributed by atoms with van der Waals surface area (Å²) in [5, 5.41) is 11.7. The first-order valence-corrected chi connectivity index (χ1v) is 8.41. The molecule has 2 rings (SSSR count). The molecule has 0 bridgehead atoms. The van der Waals surface area contributed by atoms with E-state index < -0.39 is 10.0 Å². The van der Waals surface area contributed by atoms with Crippen LogP contribution in [0.2, 0.25) is 0 Å². The van der Waals surface area contributed by atoms with Crippen molar-refractivity contribution in [2.45, 2.75) is 30.2 Å². The van der Waals surface area contributed by atoms with Crippen LogP contribution in [0, 0.1) is 5.92 Å². The molecule has 2 unspecified atom stereocenters. The van der Waals surface area contributed by atoms with Crippen LogP contribution in [0.5, 0.6) is 0 Å². The summed E-state index contributed by atoms with van der Waals surface area (Å²) in [6, 6.07) is 5.56. The summed E-state index contributed by atoms with van der Waals surface area (Å²) in [5.74, 6) is -0.284. The van der Waals surface area contributed by atoms with E-state index in [1.54, 1.807) is 0 Å². The van der Waals surface area contributed by atoms with E-state index in [0.29, 0.717) is 5.56 Å². The Bertz CT molecular complexity index is 598. The SMILES string of the molecule is CNC(=O)c1ccc(S(=O)(=O)NC2CCCC2CO)cc1. The van der Waals surface area contributed by atoms with Gasteiger partial charge in [-0.1, -0.05) is 6.42 Å². The lowest BCUT2D eigenvalue weighted by Gasteiger charge is -2.19. The lowest BCUT2D eigenvalue weighted by atomic mass is 10.1. The number of benzene rings is 1. The van der Waals surface area contributed by atoms with Crippen molar-refractivity contribution >= 4 is 15.9 Å². The monoisotopic (exact) mass is 312 g/mol. The third kappa shape index (κ3) is 3.61. The topological polar surface area (TPSA) is 95.5 Å². The van der Waals surface area contributed by atoms with Gasteiger partial charge in [-0.05, 0) is 43.0 Å². The number of hydrogen-bond acceptors (Lipinski definition) is 4. The zero-order valence-corrected chi connectivity index (χ0v) is 12.7. The van der Waals surface area contributed by atoms with E-state index in [1.165, 1.54) is 31.3 Å². The van der Waals surface area contributed by atoms with E-state index in [2.05, 4.69) is 10.0 Å². The van der Waals surface area contributed by atoms with Gasteiger partial charge in [0.25, 0.3) is 5.91 Å². The van der Waals surface area contributed by atoms with Crippen LogP contribution < -0.4 is 10.0 Å². The number of rotatable bonds is 5. The van der Waals surface area contributed by atoms with Crippen LogP contribution in [0.25, 0.3) is 0 Å².